The minimum Gasteiger partial charge on any atom is -0.370 e. The number of carbonyl (C=O) groups is 1. The van der Waals surface area contributed by atoms with Crippen LogP contribution < -0.4 is 16.0 Å². The molecule has 0 aromatic carbocycles. The smallest absolute Gasteiger partial charge is 0.217 e. The summed E-state index contributed by atoms with van der Waals surface area (Å²) in [6.07, 6.45) is 3.72. The first-order valence-electron chi connectivity index (χ1n) is 6.36. The van der Waals surface area contributed by atoms with Crippen LogP contribution in [-0.4, -0.2) is 30.0 Å². The van der Waals surface area contributed by atoms with E-state index in [4.69, 9.17) is 5.73 Å². The second-order valence-corrected chi connectivity index (χ2v) is 4.64. The summed E-state index contributed by atoms with van der Waals surface area (Å²) in [4.78, 5) is 17.6. The van der Waals surface area contributed by atoms with Crippen molar-refractivity contribution in [2.75, 3.05) is 18.0 Å². The fourth-order valence-electron chi connectivity index (χ4n) is 2.43. The average molecular weight is 248 g/mol. The minimum absolute atomic E-state index is 0.0532. The molecule has 0 spiro atoms. The Morgan fingerprint density at radius 3 is 2.89 bits per heavy atom. The summed E-state index contributed by atoms with van der Waals surface area (Å²) >= 11 is 0. The largest absolute Gasteiger partial charge is 0.370 e. The molecule has 0 saturated carbocycles. The molecule has 1 saturated heterocycles. The van der Waals surface area contributed by atoms with Gasteiger partial charge in [0, 0.05) is 38.8 Å². The van der Waals surface area contributed by atoms with Crippen molar-refractivity contribution in [2.24, 2.45) is 5.73 Å². The van der Waals surface area contributed by atoms with E-state index < -0.39 is 0 Å². The fraction of sp³-hybridized carbons (Fsp3) is 0.538. The summed E-state index contributed by atoms with van der Waals surface area (Å²) < 4.78 is 0. The molecule has 0 atom stereocenters. The highest BCUT2D eigenvalue weighted by atomic mass is 16.1. The van der Waals surface area contributed by atoms with Crippen molar-refractivity contribution in [3.8, 4) is 0 Å². The summed E-state index contributed by atoms with van der Waals surface area (Å²) in [5.41, 5.74) is 7.77. The Balaban J connectivity index is 1.99. The lowest BCUT2D eigenvalue weighted by Crippen LogP contribution is -2.44. The van der Waals surface area contributed by atoms with Crippen LogP contribution in [0.15, 0.2) is 18.3 Å². The van der Waals surface area contributed by atoms with E-state index in [9.17, 15) is 4.79 Å². The number of hydrogen-bond acceptors (Lipinski definition) is 4. The van der Waals surface area contributed by atoms with E-state index in [0.717, 1.165) is 37.3 Å². The Hall–Kier alpha value is -1.62. The van der Waals surface area contributed by atoms with Crippen LogP contribution in [0.4, 0.5) is 5.69 Å². The van der Waals surface area contributed by atoms with E-state index in [-0.39, 0.29) is 5.91 Å². The predicted molar refractivity (Wildman–Crippen MR) is 71.2 cm³/mol. The maximum Gasteiger partial charge on any atom is 0.217 e. The minimum atomic E-state index is 0.0532. The van der Waals surface area contributed by atoms with Crippen LogP contribution in [0.25, 0.3) is 0 Å². The maximum absolute atomic E-state index is 11.0. The number of aromatic nitrogens is 1. The summed E-state index contributed by atoms with van der Waals surface area (Å²) in [5, 5.41) is 2.98. The molecule has 0 aliphatic carbocycles. The third-order valence-corrected chi connectivity index (χ3v) is 3.30. The van der Waals surface area contributed by atoms with Gasteiger partial charge in [-0.15, -0.1) is 0 Å². The number of nitrogens with zero attached hydrogens (tertiary/aromatic N) is 2. The van der Waals surface area contributed by atoms with Crippen LogP contribution in [0, 0.1) is 0 Å². The molecular formula is C13H20N4O. The summed E-state index contributed by atoms with van der Waals surface area (Å²) in [6, 6.07) is 4.30. The van der Waals surface area contributed by atoms with E-state index in [2.05, 4.69) is 21.3 Å². The van der Waals surface area contributed by atoms with Gasteiger partial charge in [-0.2, -0.15) is 0 Å². The highest BCUT2D eigenvalue weighted by Gasteiger charge is 2.21. The third kappa shape index (κ3) is 2.98. The van der Waals surface area contributed by atoms with Crippen LogP contribution >= 0.6 is 0 Å². The van der Waals surface area contributed by atoms with Gasteiger partial charge in [-0.25, -0.2) is 0 Å². The molecule has 3 N–H and O–H groups in total. The average Bonchev–Trinajstić information content (AvgIpc) is 2.39. The molecular weight excluding hydrogens is 228 g/mol. The van der Waals surface area contributed by atoms with Gasteiger partial charge >= 0.3 is 0 Å². The predicted octanol–water partition coefficient (Wildman–Crippen LogP) is 0.645. The molecule has 1 fully saturated rings. The first-order chi connectivity index (χ1) is 8.70. The van der Waals surface area contributed by atoms with Gasteiger partial charge < -0.3 is 16.0 Å². The highest BCUT2D eigenvalue weighted by molar-refractivity contribution is 5.73. The second kappa shape index (κ2) is 5.82. The van der Waals surface area contributed by atoms with Gasteiger partial charge in [0.2, 0.25) is 5.91 Å². The van der Waals surface area contributed by atoms with Gasteiger partial charge in [0.15, 0.2) is 0 Å². The summed E-state index contributed by atoms with van der Waals surface area (Å²) in [7, 11) is 0. The topological polar surface area (TPSA) is 71.2 Å². The molecule has 0 unspecified atom stereocenters. The SMILES string of the molecule is CC(=O)NC1CCN(c2cccnc2CN)CC1. The molecule has 5 heteroatoms. The molecule has 1 aliphatic heterocycles. The zero-order valence-corrected chi connectivity index (χ0v) is 10.7. The standard InChI is InChI=1S/C13H20N4O/c1-10(18)16-11-4-7-17(8-5-11)13-3-2-6-15-12(13)9-14/h2-3,6,11H,4-5,7-9,14H2,1H3,(H,16,18). The van der Waals surface area contributed by atoms with Gasteiger partial charge in [0.1, 0.15) is 0 Å². The monoisotopic (exact) mass is 248 g/mol. The van der Waals surface area contributed by atoms with E-state index in [0.29, 0.717) is 12.6 Å². The number of piperidine rings is 1. The van der Waals surface area contributed by atoms with Crippen LogP contribution in [0.2, 0.25) is 0 Å². The molecule has 18 heavy (non-hydrogen) atoms. The second-order valence-electron chi connectivity index (χ2n) is 4.64. The first-order valence-corrected chi connectivity index (χ1v) is 6.36. The van der Waals surface area contributed by atoms with Crippen LogP contribution in [-0.2, 0) is 11.3 Å². The van der Waals surface area contributed by atoms with Gasteiger partial charge in [-0.1, -0.05) is 0 Å². The van der Waals surface area contributed by atoms with Crippen LogP contribution in [0.5, 0.6) is 0 Å². The molecule has 1 aromatic heterocycles. The summed E-state index contributed by atoms with van der Waals surface area (Å²) in [6.45, 7) is 3.90. The van der Waals surface area contributed by atoms with E-state index in [1.807, 2.05) is 6.07 Å². The molecule has 0 bridgehead atoms. The van der Waals surface area contributed by atoms with Crippen molar-refractivity contribution in [1.82, 2.24) is 10.3 Å². The number of pyridine rings is 1. The molecule has 5 nitrogen and oxygen atoms in total. The number of carbonyl (C=O) groups excluding carboxylic acids is 1. The highest BCUT2D eigenvalue weighted by Crippen LogP contribution is 2.22. The number of nitrogens with one attached hydrogen (secondary N) is 1. The van der Waals surface area contributed by atoms with Crippen LogP contribution in [0.1, 0.15) is 25.5 Å². The molecule has 1 aromatic rings. The van der Waals surface area contributed by atoms with Crippen LogP contribution in [0.3, 0.4) is 0 Å². The number of nitrogens with two attached hydrogens (primary N) is 1. The molecule has 98 valence electrons. The van der Waals surface area contributed by atoms with Gasteiger partial charge in [0.05, 0.1) is 11.4 Å². The molecule has 0 radical (unpaired) electrons. The summed E-state index contributed by atoms with van der Waals surface area (Å²) in [5.74, 6) is 0.0532. The van der Waals surface area contributed by atoms with Crippen molar-refractivity contribution in [3.63, 3.8) is 0 Å². The Kier molecular flexibility index (Phi) is 4.15. The van der Waals surface area contributed by atoms with E-state index in [1.54, 1.807) is 13.1 Å². The normalized spacial score (nSPS) is 16.7. The Bertz CT molecular complexity index is 413. The van der Waals surface area contributed by atoms with Gasteiger partial charge in [0.25, 0.3) is 0 Å². The lowest BCUT2D eigenvalue weighted by Gasteiger charge is -2.34. The number of hydrogen-bond donors (Lipinski definition) is 2. The lowest BCUT2D eigenvalue weighted by molar-refractivity contribution is -0.119. The quantitative estimate of drug-likeness (QED) is 0.823. The number of anilines is 1. The van der Waals surface area contributed by atoms with Crippen molar-refractivity contribution in [3.05, 3.63) is 24.0 Å². The van der Waals surface area contributed by atoms with Crippen molar-refractivity contribution >= 4 is 11.6 Å². The van der Waals surface area contributed by atoms with Crippen molar-refractivity contribution in [2.45, 2.75) is 32.4 Å². The molecule has 2 rings (SSSR count). The van der Waals surface area contributed by atoms with E-state index in [1.165, 1.54) is 0 Å². The van der Waals surface area contributed by atoms with Crippen molar-refractivity contribution in [1.29, 1.82) is 0 Å². The Labute approximate surface area is 107 Å². The Morgan fingerprint density at radius 2 is 2.28 bits per heavy atom. The first kappa shape index (κ1) is 12.8. The maximum atomic E-state index is 11.0. The van der Waals surface area contributed by atoms with E-state index >= 15 is 0 Å². The molecule has 1 amide bonds. The number of rotatable bonds is 3. The lowest BCUT2D eigenvalue weighted by atomic mass is 10.0. The third-order valence-electron chi connectivity index (χ3n) is 3.30. The molecule has 1 aliphatic rings. The molecule has 2 heterocycles. The fourth-order valence-corrected chi connectivity index (χ4v) is 2.43. The van der Waals surface area contributed by atoms with Crippen molar-refractivity contribution < 1.29 is 4.79 Å². The van der Waals surface area contributed by atoms with Gasteiger partial charge in [-0.05, 0) is 25.0 Å². The zero-order chi connectivity index (χ0) is 13.0. The Morgan fingerprint density at radius 1 is 1.56 bits per heavy atom. The number of amides is 1. The van der Waals surface area contributed by atoms with Gasteiger partial charge in [-0.3, -0.25) is 9.78 Å². The zero-order valence-electron chi connectivity index (χ0n) is 10.7.